The molecule has 7 nitrogen and oxygen atoms in total. The monoisotopic (exact) mass is 313 g/mol. The molecular formula is C16H19N5O2. The topological polar surface area (TPSA) is 88.9 Å². The molecule has 0 spiro atoms. The summed E-state index contributed by atoms with van der Waals surface area (Å²) in [5.74, 6) is -1.19. The van der Waals surface area contributed by atoms with Gasteiger partial charge in [-0.1, -0.05) is 25.0 Å². The minimum Gasteiger partial charge on any atom is -0.345 e. The number of hydrogen-bond donors (Lipinski definition) is 2. The first kappa shape index (κ1) is 15.2. The van der Waals surface area contributed by atoms with Gasteiger partial charge in [-0.25, -0.2) is 9.67 Å². The van der Waals surface area contributed by atoms with Crippen LogP contribution >= 0.6 is 0 Å². The van der Waals surface area contributed by atoms with Crippen LogP contribution in [0.1, 0.15) is 31.2 Å². The Morgan fingerprint density at radius 3 is 2.52 bits per heavy atom. The fourth-order valence-electron chi connectivity index (χ4n) is 2.70. The van der Waals surface area contributed by atoms with E-state index in [2.05, 4.69) is 20.7 Å². The largest absolute Gasteiger partial charge is 0.345 e. The number of rotatable bonds is 4. The van der Waals surface area contributed by atoms with E-state index in [0.717, 1.165) is 31.2 Å². The zero-order valence-electron chi connectivity index (χ0n) is 12.7. The number of amides is 2. The zero-order valence-corrected chi connectivity index (χ0v) is 12.7. The number of hydrogen-bond acceptors (Lipinski definition) is 4. The number of carbonyl (C=O) groups excluding carboxylic acids is 2. The summed E-state index contributed by atoms with van der Waals surface area (Å²) in [6, 6.07) is 7.44. The molecule has 7 heteroatoms. The molecule has 0 unspecified atom stereocenters. The van der Waals surface area contributed by atoms with Crippen molar-refractivity contribution in [2.24, 2.45) is 0 Å². The number of nitrogens with zero attached hydrogens (tertiary/aromatic N) is 3. The van der Waals surface area contributed by atoms with Crippen LogP contribution in [-0.4, -0.2) is 32.6 Å². The highest BCUT2D eigenvalue weighted by Crippen LogP contribution is 2.17. The second-order valence-corrected chi connectivity index (χ2v) is 5.70. The van der Waals surface area contributed by atoms with Gasteiger partial charge in [-0.2, -0.15) is 5.10 Å². The lowest BCUT2D eigenvalue weighted by atomic mass is 10.2. The highest BCUT2D eigenvalue weighted by molar-refractivity contribution is 6.39. The fourth-order valence-corrected chi connectivity index (χ4v) is 2.70. The molecule has 2 N–H and O–H groups in total. The highest BCUT2D eigenvalue weighted by atomic mass is 16.2. The first-order valence-corrected chi connectivity index (χ1v) is 7.74. The summed E-state index contributed by atoms with van der Waals surface area (Å²) in [5.41, 5.74) is 1.63. The van der Waals surface area contributed by atoms with Crippen molar-refractivity contribution in [3.8, 4) is 0 Å². The Bertz CT molecular complexity index is 660. The standard InChI is InChI=1S/C16H19N5O2/c22-15(19-13-3-1-2-4-13)16(23)20-14-7-5-12(6-8-14)9-21-11-17-10-18-21/h5-8,10-11,13H,1-4,9H2,(H,19,22)(H,20,23). The zero-order chi connectivity index (χ0) is 16.1. The molecule has 1 fully saturated rings. The van der Waals surface area contributed by atoms with Crippen LogP contribution in [0.15, 0.2) is 36.9 Å². The molecule has 2 amide bonds. The Hall–Kier alpha value is -2.70. The molecule has 23 heavy (non-hydrogen) atoms. The normalized spacial score (nSPS) is 14.6. The summed E-state index contributed by atoms with van der Waals surface area (Å²) in [7, 11) is 0. The smallest absolute Gasteiger partial charge is 0.313 e. The fraction of sp³-hybridized carbons (Fsp3) is 0.375. The van der Waals surface area contributed by atoms with E-state index in [1.165, 1.54) is 6.33 Å². The van der Waals surface area contributed by atoms with E-state index in [0.29, 0.717) is 12.2 Å². The van der Waals surface area contributed by atoms with E-state index < -0.39 is 11.8 Å². The second-order valence-electron chi connectivity index (χ2n) is 5.70. The SMILES string of the molecule is O=C(Nc1ccc(Cn2cncn2)cc1)C(=O)NC1CCCC1. The van der Waals surface area contributed by atoms with Gasteiger partial charge >= 0.3 is 11.8 Å². The van der Waals surface area contributed by atoms with Crippen molar-refractivity contribution in [1.82, 2.24) is 20.1 Å². The van der Waals surface area contributed by atoms with Gasteiger partial charge in [0.15, 0.2) is 0 Å². The molecular weight excluding hydrogens is 294 g/mol. The number of anilines is 1. The van der Waals surface area contributed by atoms with E-state index in [1.54, 1.807) is 23.1 Å². The molecule has 0 atom stereocenters. The summed E-state index contributed by atoms with van der Waals surface area (Å²) in [6.07, 6.45) is 7.26. The first-order valence-electron chi connectivity index (χ1n) is 7.74. The van der Waals surface area contributed by atoms with E-state index in [9.17, 15) is 9.59 Å². The summed E-state index contributed by atoms with van der Waals surface area (Å²) < 4.78 is 1.71. The molecule has 0 saturated heterocycles. The van der Waals surface area contributed by atoms with Crippen molar-refractivity contribution in [1.29, 1.82) is 0 Å². The molecule has 0 aliphatic heterocycles. The minimum absolute atomic E-state index is 0.137. The summed E-state index contributed by atoms with van der Waals surface area (Å²) >= 11 is 0. The van der Waals surface area contributed by atoms with Gasteiger partial charge in [-0.15, -0.1) is 0 Å². The Morgan fingerprint density at radius 1 is 1.13 bits per heavy atom. The average molecular weight is 313 g/mol. The van der Waals surface area contributed by atoms with E-state index in [-0.39, 0.29) is 6.04 Å². The van der Waals surface area contributed by atoms with Gasteiger partial charge in [0.1, 0.15) is 12.7 Å². The van der Waals surface area contributed by atoms with Crippen molar-refractivity contribution in [3.05, 3.63) is 42.5 Å². The van der Waals surface area contributed by atoms with Crippen molar-refractivity contribution in [2.45, 2.75) is 38.3 Å². The van der Waals surface area contributed by atoms with Gasteiger partial charge in [-0.3, -0.25) is 9.59 Å². The van der Waals surface area contributed by atoms with Crippen molar-refractivity contribution < 1.29 is 9.59 Å². The van der Waals surface area contributed by atoms with Gasteiger partial charge < -0.3 is 10.6 Å². The molecule has 1 aromatic heterocycles. The minimum atomic E-state index is -0.624. The van der Waals surface area contributed by atoms with Crippen LogP contribution < -0.4 is 10.6 Å². The molecule has 1 saturated carbocycles. The molecule has 1 aromatic carbocycles. The predicted molar refractivity (Wildman–Crippen MR) is 84.6 cm³/mol. The number of benzene rings is 1. The second kappa shape index (κ2) is 7.04. The summed E-state index contributed by atoms with van der Waals surface area (Å²) in [5, 5.41) is 9.42. The third kappa shape index (κ3) is 4.15. The Morgan fingerprint density at radius 2 is 1.87 bits per heavy atom. The van der Waals surface area contributed by atoms with Gasteiger partial charge in [0.2, 0.25) is 0 Å². The van der Waals surface area contributed by atoms with Crippen LogP contribution in [0, 0.1) is 0 Å². The maximum atomic E-state index is 11.9. The van der Waals surface area contributed by atoms with Gasteiger partial charge in [0, 0.05) is 11.7 Å². The van der Waals surface area contributed by atoms with Crippen molar-refractivity contribution in [2.75, 3.05) is 5.32 Å². The first-order chi connectivity index (χ1) is 11.2. The van der Waals surface area contributed by atoms with Crippen molar-refractivity contribution in [3.63, 3.8) is 0 Å². The lowest BCUT2D eigenvalue weighted by Crippen LogP contribution is -2.40. The van der Waals surface area contributed by atoms with Gasteiger partial charge in [-0.05, 0) is 30.5 Å². The van der Waals surface area contributed by atoms with Gasteiger partial charge in [0.05, 0.1) is 6.54 Å². The molecule has 2 aromatic rings. The molecule has 0 bridgehead atoms. The quantitative estimate of drug-likeness (QED) is 0.833. The lowest BCUT2D eigenvalue weighted by molar-refractivity contribution is -0.136. The molecule has 1 aliphatic rings. The lowest BCUT2D eigenvalue weighted by Gasteiger charge is -2.11. The van der Waals surface area contributed by atoms with Crippen LogP contribution in [-0.2, 0) is 16.1 Å². The van der Waals surface area contributed by atoms with Crippen molar-refractivity contribution >= 4 is 17.5 Å². The summed E-state index contributed by atoms with van der Waals surface area (Å²) in [4.78, 5) is 27.6. The predicted octanol–water partition coefficient (Wildman–Crippen LogP) is 1.32. The molecule has 1 aliphatic carbocycles. The van der Waals surface area contributed by atoms with Crippen LogP contribution in [0.25, 0.3) is 0 Å². The van der Waals surface area contributed by atoms with E-state index in [1.807, 2.05) is 12.1 Å². The van der Waals surface area contributed by atoms with Crippen LogP contribution in [0.2, 0.25) is 0 Å². The maximum Gasteiger partial charge on any atom is 0.313 e. The Balaban J connectivity index is 1.52. The van der Waals surface area contributed by atoms with E-state index >= 15 is 0 Å². The third-order valence-corrected chi connectivity index (χ3v) is 3.92. The van der Waals surface area contributed by atoms with Crippen LogP contribution in [0.5, 0.6) is 0 Å². The number of nitrogens with one attached hydrogen (secondary N) is 2. The Labute approximate surface area is 134 Å². The molecule has 0 radical (unpaired) electrons. The number of carbonyl (C=O) groups is 2. The van der Waals surface area contributed by atoms with Crippen LogP contribution in [0.4, 0.5) is 5.69 Å². The maximum absolute atomic E-state index is 11.9. The average Bonchev–Trinajstić information content (AvgIpc) is 3.23. The third-order valence-electron chi connectivity index (χ3n) is 3.92. The molecule has 1 heterocycles. The molecule has 3 rings (SSSR count). The Kier molecular flexibility index (Phi) is 4.65. The highest BCUT2D eigenvalue weighted by Gasteiger charge is 2.21. The molecule has 120 valence electrons. The van der Waals surface area contributed by atoms with Gasteiger partial charge in [0.25, 0.3) is 0 Å². The number of aromatic nitrogens is 3. The van der Waals surface area contributed by atoms with E-state index in [4.69, 9.17) is 0 Å². The summed E-state index contributed by atoms with van der Waals surface area (Å²) in [6.45, 7) is 0.608. The van der Waals surface area contributed by atoms with Crippen LogP contribution in [0.3, 0.4) is 0 Å².